The Morgan fingerprint density at radius 1 is 1.00 bits per heavy atom. The van der Waals surface area contributed by atoms with Crippen LogP contribution < -0.4 is 10.1 Å². The van der Waals surface area contributed by atoms with Gasteiger partial charge in [-0.2, -0.15) is 0 Å². The van der Waals surface area contributed by atoms with E-state index in [1.54, 1.807) is 30.3 Å². The van der Waals surface area contributed by atoms with Crippen molar-refractivity contribution in [2.75, 3.05) is 5.32 Å². The van der Waals surface area contributed by atoms with Crippen LogP contribution in [0, 0.1) is 0 Å². The second-order valence-corrected chi connectivity index (χ2v) is 7.30. The summed E-state index contributed by atoms with van der Waals surface area (Å²) in [4.78, 5) is 16.8. The number of nitrogens with one attached hydrogen (secondary N) is 1. The van der Waals surface area contributed by atoms with Crippen LogP contribution in [0.4, 0.5) is 5.13 Å². The predicted molar refractivity (Wildman–Crippen MR) is 110 cm³/mol. The lowest BCUT2D eigenvalue weighted by Gasteiger charge is -2.07. The number of carbonyl (C=O) groups excluding carboxylic acids is 1. The lowest BCUT2D eigenvalue weighted by atomic mass is 10.2. The van der Waals surface area contributed by atoms with Crippen LogP contribution in [0.25, 0.3) is 10.2 Å². The van der Waals surface area contributed by atoms with Crippen molar-refractivity contribution in [3.05, 3.63) is 88.9 Å². The molecule has 0 fully saturated rings. The van der Waals surface area contributed by atoms with E-state index in [1.807, 2.05) is 42.5 Å². The normalized spacial score (nSPS) is 10.7. The van der Waals surface area contributed by atoms with Gasteiger partial charge in [-0.1, -0.05) is 59.3 Å². The molecule has 0 saturated heterocycles. The summed E-state index contributed by atoms with van der Waals surface area (Å²) in [6.45, 7) is 0.485. The van der Waals surface area contributed by atoms with Gasteiger partial charge in [-0.3, -0.25) is 10.1 Å². The summed E-state index contributed by atoms with van der Waals surface area (Å²) < 4.78 is 6.67. The third-order valence-electron chi connectivity index (χ3n) is 3.96. The Bertz CT molecular complexity index is 1080. The molecule has 1 heterocycles. The van der Waals surface area contributed by atoms with Crippen LogP contribution >= 0.6 is 22.9 Å². The molecule has 0 aliphatic rings. The minimum absolute atomic E-state index is 0.222. The fraction of sp³-hybridized carbons (Fsp3) is 0.0476. The van der Waals surface area contributed by atoms with E-state index in [4.69, 9.17) is 16.3 Å². The number of ether oxygens (including phenoxy) is 1. The molecule has 0 atom stereocenters. The number of fused-ring (bicyclic) bond motifs is 1. The second kappa shape index (κ2) is 7.78. The van der Waals surface area contributed by atoms with Gasteiger partial charge in [-0.15, -0.1) is 0 Å². The Morgan fingerprint density at radius 3 is 2.52 bits per heavy atom. The molecule has 1 N–H and O–H groups in total. The monoisotopic (exact) mass is 394 g/mol. The summed E-state index contributed by atoms with van der Waals surface area (Å²) in [5.41, 5.74) is 2.32. The summed E-state index contributed by atoms with van der Waals surface area (Å²) in [7, 11) is 0. The third kappa shape index (κ3) is 4.10. The molecular weight excluding hydrogens is 380 g/mol. The van der Waals surface area contributed by atoms with Gasteiger partial charge in [0.2, 0.25) is 0 Å². The van der Waals surface area contributed by atoms with Crippen molar-refractivity contribution >= 4 is 44.2 Å². The van der Waals surface area contributed by atoms with Gasteiger partial charge < -0.3 is 4.74 Å². The van der Waals surface area contributed by atoms with Crippen molar-refractivity contribution in [2.45, 2.75) is 6.61 Å². The van der Waals surface area contributed by atoms with Crippen molar-refractivity contribution in [3.8, 4) is 5.75 Å². The Morgan fingerprint density at radius 2 is 1.78 bits per heavy atom. The lowest BCUT2D eigenvalue weighted by molar-refractivity contribution is 0.102. The SMILES string of the molecule is O=C(Nc1nc2c(Cl)cccc2s1)c1ccc(OCc2ccccc2)cc1. The maximum absolute atomic E-state index is 12.4. The number of thiazole rings is 1. The topological polar surface area (TPSA) is 51.2 Å². The van der Waals surface area contributed by atoms with Gasteiger partial charge in [0.15, 0.2) is 5.13 Å². The van der Waals surface area contributed by atoms with Gasteiger partial charge >= 0.3 is 0 Å². The van der Waals surface area contributed by atoms with E-state index >= 15 is 0 Å². The van der Waals surface area contributed by atoms with Gasteiger partial charge in [0.25, 0.3) is 5.91 Å². The number of halogens is 1. The van der Waals surface area contributed by atoms with Gasteiger partial charge in [0.05, 0.1) is 9.72 Å². The number of amides is 1. The molecule has 3 aromatic carbocycles. The highest BCUT2D eigenvalue weighted by molar-refractivity contribution is 7.22. The van der Waals surface area contributed by atoms with Gasteiger partial charge in [-0.25, -0.2) is 4.98 Å². The maximum atomic E-state index is 12.4. The van der Waals surface area contributed by atoms with Gasteiger partial charge in [0, 0.05) is 5.56 Å². The zero-order valence-electron chi connectivity index (χ0n) is 14.2. The van der Waals surface area contributed by atoms with Crippen LogP contribution in [0.1, 0.15) is 15.9 Å². The fourth-order valence-electron chi connectivity index (χ4n) is 2.58. The number of anilines is 1. The summed E-state index contributed by atoms with van der Waals surface area (Å²) in [5.74, 6) is 0.488. The van der Waals surface area contributed by atoms with Crippen molar-refractivity contribution in [1.82, 2.24) is 4.98 Å². The molecule has 0 radical (unpaired) electrons. The molecule has 4 rings (SSSR count). The molecule has 0 saturated carbocycles. The lowest BCUT2D eigenvalue weighted by Crippen LogP contribution is -2.11. The molecule has 6 heteroatoms. The highest BCUT2D eigenvalue weighted by atomic mass is 35.5. The summed E-state index contributed by atoms with van der Waals surface area (Å²) in [6, 6.07) is 22.5. The predicted octanol–water partition coefficient (Wildman–Crippen LogP) is 5.78. The van der Waals surface area contributed by atoms with E-state index in [9.17, 15) is 4.79 Å². The van der Waals surface area contributed by atoms with E-state index < -0.39 is 0 Å². The Labute approximate surface area is 165 Å². The Balaban J connectivity index is 1.41. The first-order chi connectivity index (χ1) is 13.2. The molecule has 0 unspecified atom stereocenters. The average Bonchev–Trinajstić information content (AvgIpc) is 3.11. The van der Waals surface area contributed by atoms with Crippen LogP contribution in [0.15, 0.2) is 72.8 Å². The standard InChI is InChI=1S/C21H15ClN2O2S/c22-17-7-4-8-18-19(17)23-21(27-18)24-20(25)15-9-11-16(12-10-15)26-13-14-5-2-1-3-6-14/h1-12H,13H2,(H,23,24,25). The molecule has 0 spiro atoms. The Hall–Kier alpha value is -2.89. The molecule has 4 nitrogen and oxygen atoms in total. The molecule has 1 amide bonds. The molecule has 0 aliphatic heterocycles. The first-order valence-corrected chi connectivity index (χ1v) is 9.52. The number of nitrogens with zero attached hydrogens (tertiary/aromatic N) is 1. The summed E-state index contributed by atoms with van der Waals surface area (Å²) in [5, 5.41) is 3.92. The average molecular weight is 395 g/mol. The number of rotatable bonds is 5. The number of benzene rings is 3. The van der Waals surface area contributed by atoms with Crippen LogP contribution in [0.5, 0.6) is 5.75 Å². The van der Waals surface area contributed by atoms with Crippen LogP contribution in [0.3, 0.4) is 0 Å². The van der Waals surface area contributed by atoms with Gasteiger partial charge in [0.1, 0.15) is 17.9 Å². The molecule has 4 aromatic rings. The van der Waals surface area contributed by atoms with Crippen molar-refractivity contribution < 1.29 is 9.53 Å². The van der Waals surface area contributed by atoms with Crippen LogP contribution in [-0.2, 0) is 6.61 Å². The van der Waals surface area contributed by atoms with E-state index in [-0.39, 0.29) is 5.91 Å². The first-order valence-electron chi connectivity index (χ1n) is 8.32. The smallest absolute Gasteiger partial charge is 0.257 e. The number of aromatic nitrogens is 1. The molecule has 0 bridgehead atoms. The summed E-state index contributed by atoms with van der Waals surface area (Å²) in [6.07, 6.45) is 0. The zero-order chi connectivity index (χ0) is 18.6. The van der Waals surface area contributed by atoms with Crippen molar-refractivity contribution in [3.63, 3.8) is 0 Å². The van der Waals surface area contributed by atoms with Crippen LogP contribution in [-0.4, -0.2) is 10.9 Å². The number of hydrogen-bond acceptors (Lipinski definition) is 4. The largest absolute Gasteiger partial charge is 0.489 e. The fourth-order valence-corrected chi connectivity index (χ4v) is 3.74. The highest BCUT2D eigenvalue weighted by Crippen LogP contribution is 2.30. The molecule has 27 heavy (non-hydrogen) atoms. The van der Waals surface area contributed by atoms with Crippen LogP contribution in [0.2, 0.25) is 5.02 Å². The third-order valence-corrected chi connectivity index (χ3v) is 5.20. The zero-order valence-corrected chi connectivity index (χ0v) is 15.8. The second-order valence-electron chi connectivity index (χ2n) is 5.86. The highest BCUT2D eigenvalue weighted by Gasteiger charge is 2.11. The Kier molecular flexibility index (Phi) is 5.05. The number of para-hydroxylation sites is 1. The van der Waals surface area contributed by atoms with Gasteiger partial charge in [-0.05, 0) is 42.0 Å². The van der Waals surface area contributed by atoms with E-state index in [1.165, 1.54) is 11.3 Å². The summed E-state index contributed by atoms with van der Waals surface area (Å²) >= 11 is 7.52. The first kappa shape index (κ1) is 17.5. The van der Waals surface area contributed by atoms with Crippen molar-refractivity contribution in [2.24, 2.45) is 0 Å². The molecule has 1 aromatic heterocycles. The minimum Gasteiger partial charge on any atom is -0.489 e. The molecule has 134 valence electrons. The minimum atomic E-state index is -0.222. The van der Waals surface area contributed by atoms with E-state index in [2.05, 4.69) is 10.3 Å². The van der Waals surface area contributed by atoms with Crippen molar-refractivity contribution in [1.29, 1.82) is 0 Å². The maximum Gasteiger partial charge on any atom is 0.257 e. The number of hydrogen-bond donors (Lipinski definition) is 1. The van der Waals surface area contributed by atoms with E-state index in [0.29, 0.717) is 33.6 Å². The molecule has 0 aliphatic carbocycles. The van der Waals surface area contributed by atoms with E-state index in [0.717, 1.165) is 10.3 Å². The quantitative estimate of drug-likeness (QED) is 0.466. The number of carbonyl (C=O) groups is 1. The molecular formula is C21H15ClN2O2S.